The van der Waals surface area contributed by atoms with Crippen molar-refractivity contribution in [1.82, 2.24) is 4.31 Å². The van der Waals surface area contributed by atoms with Gasteiger partial charge in [-0.15, -0.1) is 0 Å². The summed E-state index contributed by atoms with van der Waals surface area (Å²) in [6.07, 6.45) is 2.73. The molecule has 2 aromatic carbocycles. The molecule has 160 valence electrons. The van der Waals surface area contributed by atoms with Crippen molar-refractivity contribution < 1.29 is 22.7 Å². The van der Waals surface area contributed by atoms with Gasteiger partial charge in [-0.2, -0.15) is 4.31 Å². The molecule has 0 spiro atoms. The van der Waals surface area contributed by atoms with Gasteiger partial charge < -0.3 is 14.8 Å². The summed E-state index contributed by atoms with van der Waals surface area (Å²) < 4.78 is 39.6. The standard InChI is InChI=1S/C21H23BrN2O5S/c22-16-5-2-6-17(13-16)29-20-8-7-18(30(26,27)24-9-11-28-12-10-24)14-19(20)23-21(25)15-3-1-4-15/h2,5-8,13-15H,1,3-4,9-12H2,(H,23,25). The minimum absolute atomic E-state index is 0.0387. The van der Waals surface area contributed by atoms with Crippen molar-refractivity contribution in [2.24, 2.45) is 5.92 Å². The van der Waals surface area contributed by atoms with Crippen molar-refractivity contribution in [2.75, 3.05) is 31.6 Å². The number of carbonyl (C=O) groups excluding carboxylic acids is 1. The highest BCUT2D eigenvalue weighted by Crippen LogP contribution is 2.35. The Bertz CT molecular complexity index is 1030. The zero-order valence-corrected chi connectivity index (χ0v) is 18.7. The van der Waals surface area contributed by atoms with E-state index in [1.54, 1.807) is 18.2 Å². The molecule has 7 nitrogen and oxygen atoms in total. The van der Waals surface area contributed by atoms with Crippen molar-refractivity contribution in [3.05, 3.63) is 46.9 Å². The number of rotatable bonds is 6. The van der Waals surface area contributed by atoms with Crippen molar-refractivity contribution in [3.63, 3.8) is 0 Å². The maximum atomic E-state index is 13.1. The van der Waals surface area contributed by atoms with Crippen molar-refractivity contribution in [1.29, 1.82) is 0 Å². The lowest BCUT2D eigenvalue weighted by molar-refractivity contribution is -0.122. The van der Waals surface area contributed by atoms with E-state index >= 15 is 0 Å². The second-order valence-electron chi connectivity index (χ2n) is 7.35. The molecule has 0 bridgehead atoms. The van der Waals surface area contributed by atoms with Gasteiger partial charge in [0.15, 0.2) is 5.75 Å². The molecule has 0 unspecified atom stereocenters. The van der Waals surface area contributed by atoms with Crippen molar-refractivity contribution in [3.8, 4) is 11.5 Å². The van der Waals surface area contributed by atoms with Gasteiger partial charge in [0.25, 0.3) is 0 Å². The summed E-state index contributed by atoms with van der Waals surface area (Å²) in [7, 11) is -3.69. The Morgan fingerprint density at radius 3 is 2.57 bits per heavy atom. The number of ether oxygens (including phenoxy) is 2. The molecule has 9 heteroatoms. The molecule has 2 aliphatic rings. The van der Waals surface area contributed by atoms with Crippen molar-refractivity contribution >= 4 is 37.5 Å². The average Bonchev–Trinajstić information content (AvgIpc) is 2.68. The molecule has 1 heterocycles. The quantitative estimate of drug-likeness (QED) is 0.655. The van der Waals surface area contributed by atoms with Gasteiger partial charge >= 0.3 is 0 Å². The molecule has 1 N–H and O–H groups in total. The van der Waals surface area contributed by atoms with Gasteiger partial charge in [-0.1, -0.05) is 28.4 Å². The fourth-order valence-corrected chi connectivity index (χ4v) is 5.17. The van der Waals surface area contributed by atoms with E-state index in [0.717, 1.165) is 23.7 Å². The number of amides is 1. The third-order valence-corrected chi connectivity index (χ3v) is 7.70. The molecule has 1 aliphatic heterocycles. The molecule has 30 heavy (non-hydrogen) atoms. The Morgan fingerprint density at radius 2 is 1.90 bits per heavy atom. The van der Waals surface area contributed by atoms with Gasteiger partial charge in [-0.05, 0) is 49.2 Å². The molecular weight excluding hydrogens is 472 g/mol. The zero-order valence-electron chi connectivity index (χ0n) is 16.3. The lowest BCUT2D eigenvalue weighted by Crippen LogP contribution is -2.40. The Morgan fingerprint density at radius 1 is 1.13 bits per heavy atom. The van der Waals surface area contributed by atoms with Crippen molar-refractivity contribution in [2.45, 2.75) is 24.2 Å². The van der Waals surface area contributed by atoms with Crippen LogP contribution in [-0.2, 0) is 19.6 Å². The normalized spacial score (nSPS) is 17.9. The number of hydrogen-bond donors (Lipinski definition) is 1. The van der Waals surface area contributed by atoms with Crippen LogP contribution in [0.2, 0.25) is 0 Å². The highest BCUT2D eigenvalue weighted by atomic mass is 79.9. The number of nitrogens with one attached hydrogen (secondary N) is 1. The molecule has 4 rings (SSSR count). The Kier molecular flexibility index (Phi) is 6.43. The molecule has 1 amide bonds. The fraction of sp³-hybridized carbons (Fsp3) is 0.381. The summed E-state index contributed by atoms with van der Waals surface area (Å²) in [5.41, 5.74) is 0.348. The van der Waals surface area contributed by atoms with Gasteiger partial charge in [0, 0.05) is 23.5 Å². The van der Waals surface area contributed by atoms with Gasteiger partial charge in [0.2, 0.25) is 15.9 Å². The lowest BCUT2D eigenvalue weighted by Gasteiger charge is -2.27. The number of anilines is 1. The third-order valence-electron chi connectivity index (χ3n) is 5.32. The van der Waals surface area contributed by atoms with E-state index in [-0.39, 0.29) is 16.7 Å². The van der Waals surface area contributed by atoms with Crippen LogP contribution in [0.25, 0.3) is 0 Å². The summed E-state index contributed by atoms with van der Waals surface area (Å²) >= 11 is 3.41. The maximum absolute atomic E-state index is 13.1. The summed E-state index contributed by atoms with van der Waals surface area (Å²) in [5, 5.41) is 2.88. The van der Waals surface area contributed by atoms with E-state index in [1.807, 2.05) is 12.1 Å². The number of morpholine rings is 1. The Balaban J connectivity index is 1.65. The Hall–Kier alpha value is -1.94. The number of benzene rings is 2. The smallest absolute Gasteiger partial charge is 0.243 e. The van der Waals surface area contributed by atoms with Crippen LogP contribution < -0.4 is 10.1 Å². The lowest BCUT2D eigenvalue weighted by atomic mass is 9.85. The van der Waals surface area contributed by atoms with E-state index in [0.29, 0.717) is 43.5 Å². The average molecular weight is 495 g/mol. The molecule has 1 saturated carbocycles. The number of carbonyl (C=O) groups is 1. The first-order valence-electron chi connectivity index (χ1n) is 9.90. The second kappa shape index (κ2) is 9.05. The van der Waals surface area contributed by atoms with Crippen LogP contribution in [0, 0.1) is 5.92 Å². The van der Waals surface area contributed by atoms with Crippen LogP contribution in [0.1, 0.15) is 19.3 Å². The predicted molar refractivity (Wildman–Crippen MR) is 116 cm³/mol. The number of nitrogens with zero attached hydrogens (tertiary/aromatic N) is 1. The summed E-state index contributed by atoms with van der Waals surface area (Å²) in [5.74, 6) is 0.818. The van der Waals surface area contributed by atoms with Crippen LogP contribution in [0.3, 0.4) is 0 Å². The molecular formula is C21H23BrN2O5S. The number of hydrogen-bond acceptors (Lipinski definition) is 5. The summed E-state index contributed by atoms with van der Waals surface area (Å²) in [6, 6.07) is 11.9. The fourth-order valence-electron chi connectivity index (χ4n) is 3.35. The van der Waals surface area contributed by atoms with Gasteiger partial charge in [-0.25, -0.2) is 8.42 Å². The van der Waals surface area contributed by atoms with Crippen LogP contribution in [0.5, 0.6) is 11.5 Å². The number of sulfonamides is 1. The first-order chi connectivity index (χ1) is 14.4. The first kappa shape index (κ1) is 21.3. The van der Waals surface area contributed by atoms with Crippen LogP contribution >= 0.6 is 15.9 Å². The first-order valence-corrected chi connectivity index (χ1v) is 12.1. The molecule has 2 fully saturated rings. The van der Waals surface area contributed by atoms with E-state index in [9.17, 15) is 13.2 Å². The van der Waals surface area contributed by atoms with E-state index in [4.69, 9.17) is 9.47 Å². The molecule has 0 atom stereocenters. The van der Waals surface area contributed by atoms with E-state index in [2.05, 4.69) is 21.2 Å². The van der Waals surface area contributed by atoms with Crippen LogP contribution in [0.15, 0.2) is 51.8 Å². The SMILES string of the molecule is O=C(Nc1cc(S(=O)(=O)N2CCOCC2)ccc1Oc1cccc(Br)c1)C1CCC1. The monoisotopic (exact) mass is 494 g/mol. The van der Waals surface area contributed by atoms with Gasteiger partial charge in [0.1, 0.15) is 5.75 Å². The van der Waals surface area contributed by atoms with E-state index in [1.165, 1.54) is 16.4 Å². The third kappa shape index (κ3) is 4.69. The minimum atomic E-state index is -3.69. The molecule has 1 aliphatic carbocycles. The molecule has 0 radical (unpaired) electrons. The highest BCUT2D eigenvalue weighted by Gasteiger charge is 2.29. The van der Waals surface area contributed by atoms with E-state index < -0.39 is 10.0 Å². The minimum Gasteiger partial charge on any atom is -0.455 e. The zero-order chi connectivity index (χ0) is 21.1. The topological polar surface area (TPSA) is 84.9 Å². The van der Waals surface area contributed by atoms with Gasteiger partial charge in [0.05, 0.1) is 23.8 Å². The molecule has 2 aromatic rings. The molecule has 1 saturated heterocycles. The number of halogens is 1. The van der Waals surface area contributed by atoms with Crippen LogP contribution in [0.4, 0.5) is 5.69 Å². The molecule has 0 aromatic heterocycles. The second-order valence-corrected chi connectivity index (χ2v) is 10.2. The Labute approximate surface area is 184 Å². The van der Waals surface area contributed by atoms with Crippen LogP contribution in [-0.4, -0.2) is 44.9 Å². The van der Waals surface area contributed by atoms with Gasteiger partial charge in [-0.3, -0.25) is 4.79 Å². The summed E-state index contributed by atoms with van der Waals surface area (Å²) in [4.78, 5) is 12.7. The predicted octanol–water partition coefficient (Wildman–Crippen LogP) is 4.00. The highest BCUT2D eigenvalue weighted by molar-refractivity contribution is 9.10. The summed E-state index contributed by atoms with van der Waals surface area (Å²) in [6.45, 7) is 1.36. The maximum Gasteiger partial charge on any atom is 0.243 e. The largest absolute Gasteiger partial charge is 0.455 e.